The average molecular weight is 302 g/mol. The van der Waals surface area contributed by atoms with Gasteiger partial charge in [0.2, 0.25) is 0 Å². The van der Waals surface area contributed by atoms with Crippen LogP contribution in [-0.4, -0.2) is 6.61 Å². The van der Waals surface area contributed by atoms with Crippen molar-refractivity contribution in [3.8, 4) is 0 Å². The summed E-state index contributed by atoms with van der Waals surface area (Å²) in [5, 5.41) is 0. The van der Waals surface area contributed by atoms with Gasteiger partial charge in [-0.2, -0.15) is 0 Å². The second kappa shape index (κ2) is 6.71. The first kappa shape index (κ1) is 14.7. The molecule has 2 heterocycles. The predicted octanol–water partition coefficient (Wildman–Crippen LogP) is 3.52. The van der Waals surface area contributed by atoms with Crippen molar-refractivity contribution in [2.75, 3.05) is 6.61 Å². The van der Waals surface area contributed by atoms with E-state index in [2.05, 4.69) is 48.7 Å². The Balaban J connectivity index is 1.78. The lowest BCUT2D eigenvalue weighted by Crippen LogP contribution is -2.30. The molecule has 1 aliphatic heterocycles. The van der Waals surface area contributed by atoms with Crippen molar-refractivity contribution in [1.82, 2.24) is 5.43 Å². The summed E-state index contributed by atoms with van der Waals surface area (Å²) in [7, 11) is 0. The number of hydrogen-bond acceptors (Lipinski definition) is 4. The fourth-order valence-corrected chi connectivity index (χ4v) is 3.95. The van der Waals surface area contributed by atoms with Gasteiger partial charge in [0, 0.05) is 9.75 Å². The van der Waals surface area contributed by atoms with Gasteiger partial charge in [-0.15, -0.1) is 11.3 Å². The van der Waals surface area contributed by atoms with Gasteiger partial charge in [-0.05, 0) is 42.5 Å². The molecule has 1 aromatic carbocycles. The zero-order valence-corrected chi connectivity index (χ0v) is 13.2. The minimum absolute atomic E-state index is 0.128. The highest BCUT2D eigenvalue weighted by Gasteiger charge is 2.25. The number of nitrogens with one attached hydrogen (secondary N) is 1. The minimum atomic E-state index is 0.128. The zero-order chi connectivity index (χ0) is 14.7. The molecule has 0 radical (unpaired) electrons. The molecule has 3 nitrogen and oxygen atoms in total. The maximum absolute atomic E-state index is 6.00. The van der Waals surface area contributed by atoms with Crippen LogP contribution in [0.1, 0.15) is 46.4 Å². The van der Waals surface area contributed by atoms with E-state index in [1.807, 2.05) is 11.3 Å². The molecule has 4 heteroatoms. The fourth-order valence-electron chi connectivity index (χ4n) is 2.92. The molecule has 1 aromatic heterocycles. The number of ether oxygens (including phenoxy) is 1. The summed E-state index contributed by atoms with van der Waals surface area (Å²) in [6.45, 7) is 2.98. The summed E-state index contributed by atoms with van der Waals surface area (Å²) < 4.78 is 6.00. The maximum Gasteiger partial charge on any atom is 0.0846 e. The topological polar surface area (TPSA) is 47.3 Å². The van der Waals surface area contributed by atoms with E-state index in [1.165, 1.54) is 20.9 Å². The van der Waals surface area contributed by atoms with Crippen molar-refractivity contribution in [3.05, 3.63) is 57.3 Å². The molecule has 2 aromatic rings. The molecule has 0 saturated heterocycles. The molecular formula is C17H22N2OS. The average Bonchev–Trinajstić information content (AvgIpc) is 3.01. The minimum Gasteiger partial charge on any atom is -0.373 e. The summed E-state index contributed by atoms with van der Waals surface area (Å²) >= 11 is 1.84. The van der Waals surface area contributed by atoms with Crippen molar-refractivity contribution in [2.24, 2.45) is 5.84 Å². The first-order valence-corrected chi connectivity index (χ1v) is 8.37. The Bertz CT molecular complexity index is 596. The van der Waals surface area contributed by atoms with E-state index in [9.17, 15) is 0 Å². The Labute approximate surface area is 130 Å². The van der Waals surface area contributed by atoms with Crippen LogP contribution in [0.2, 0.25) is 0 Å². The third-order valence-electron chi connectivity index (χ3n) is 4.12. The van der Waals surface area contributed by atoms with Gasteiger partial charge in [0.15, 0.2) is 0 Å². The predicted molar refractivity (Wildman–Crippen MR) is 87.2 cm³/mol. The van der Waals surface area contributed by atoms with Crippen LogP contribution in [0.4, 0.5) is 0 Å². The maximum atomic E-state index is 6.00. The van der Waals surface area contributed by atoms with E-state index in [0.29, 0.717) is 0 Å². The number of hydrazine groups is 1. The number of hydrogen-bond donors (Lipinski definition) is 2. The van der Waals surface area contributed by atoms with Crippen molar-refractivity contribution in [3.63, 3.8) is 0 Å². The number of fused-ring (bicyclic) bond motifs is 1. The molecule has 0 fully saturated rings. The molecule has 2 atom stereocenters. The van der Waals surface area contributed by atoms with Gasteiger partial charge in [-0.3, -0.25) is 11.3 Å². The Hall–Kier alpha value is -1.20. The summed E-state index contributed by atoms with van der Waals surface area (Å²) in [4.78, 5) is 2.69. The quantitative estimate of drug-likeness (QED) is 0.656. The van der Waals surface area contributed by atoms with Crippen molar-refractivity contribution >= 4 is 11.3 Å². The van der Waals surface area contributed by atoms with Crippen LogP contribution >= 0.6 is 11.3 Å². The lowest BCUT2D eigenvalue weighted by molar-refractivity contribution is 0.0295. The number of thiophene rings is 1. The van der Waals surface area contributed by atoms with Crippen LogP contribution in [0.3, 0.4) is 0 Å². The number of rotatable bonds is 5. The summed E-state index contributed by atoms with van der Waals surface area (Å²) in [6.07, 6.45) is 3.08. The van der Waals surface area contributed by atoms with Crippen molar-refractivity contribution in [1.29, 1.82) is 0 Å². The number of benzene rings is 1. The van der Waals surface area contributed by atoms with E-state index in [0.717, 1.165) is 25.9 Å². The van der Waals surface area contributed by atoms with Gasteiger partial charge in [0.25, 0.3) is 0 Å². The smallest absolute Gasteiger partial charge is 0.0846 e. The number of aryl methyl sites for hydroxylation is 1. The highest BCUT2D eigenvalue weighted by atomic mass is 32.1. The van der Waals surface area contributed by atoms with Gasteiger partial charge in [0.05, 0.1) is 18.8 Å². The highest BCUT2D eigenvalue weighted by molar-refractivity contribution is 7.12. The SMILES string of the molecule is CCc1ccc(C(CC2OCCc3ccccc32)NN)s1. The third kappa shape index (κ3) is 3.19. The molecule has 2 unspecified atom stereocenters. The van der Waals surface area contributed by atoms with Crippen LogP contribution in [-0.2, 0) is 17.6 Å². The van der Waals surface area contributed by atoms with Gasteiger partial charge in [-0.25, -0.2) is 0 Å². The highest BCUT2D eigenvalue weighted by Crippen LogP contribution is 2.35. The Morgan fingerprint density at radius 2 is 2.19 bits per heavy atom. The third-order valence-corrected chi connectivity index (χ3v) is 5.46. The fraction of sp³-hybridized carbons (Fsp3) is 0.412. The van der Waals surface area contributed by atoms with Gasteiger partial charge in [-0.1, -0.05) is 31.2 Å². The van der Waals surface area contributed by atoms with E-state index in [4.69, 9.17) is 10.6 Å². The van der Waals surface area contributed by atoms with Crippen LogP contribution in [0.15, 0.2) is 36.4 Å². The summed E-state index contributed by atoms with van der Waals surface area (Å²) in [5.41, 5.74) is 5.69. The Kier molecular flexibility index (Phi) is 4.70. The normalized spacial score (nSPS) is 19.2. The second-order valence-corrected chi connectivity index (χ2v) is 6.62. The van der Waals surface area contributed by atoms with E-state index in [-0.39, 0.29) is 12.1 Å². The molecule has 112 valence electrons. The second-order valence-electron chi connectivity index (χ2n) is 5.42. The molecule has 3 N–H and O–H groups in total. The molecule has 0 saturated carbocycles. The van der Waals surface area contributed by atoms with Gasteiger partial charge < -0.3 is 4.74 Å². The van der Waals surface area contributed by atoms with E-state index in [1.54, 1.807) is 0 Å². The van der Waals surface area contributed by atoms with Crippen LogP contribution in [0.25, 0.3) is 0 Å². The zero-order valence-electron chi connectivity index (χ0n) is 12.3. The van der Waals surface area contributed by atoms with Gasteiger partial charge in [0.1, 0.15) is 0 Å². The first-order valence-electron chi connectivity index (χ1n) is 7.56. The Morgan fingerprint density at radius 1 is 1.33 bits per heavy atom. The van der Waals surface area contributed by atoms with Crippen LogP contribution < -0.4 is 11.3 Å². The van der Waals surface area contributed by atoms with E-state index >= 15 is 0 Å². The molecule has 0 amide bonds. The molecule has 0 aliphatic carbocycles. The van der Waals surface area contributed by atoms with Crippen molar-refractivity contribution < 1.29 is 4.74 Å². The lowest BCUT2D eigenvalue weighted by atomic mass is 9.93. The van der Waals surface area contributed by atoms with E-state index < -0.39 is 0 Å². The molecule has 0 bridgehead atoms. The lowest BCUT2D eigenvalue weighted by Gasteiger charge is -2.28. The first-order chi connectivity index (χ1) is 10.3. The molecule has 1 aliphatic rings. The van der Waals surface area contributed by atoms with Crippen LogP contribution in [0, 0.1) is 0 Å². The largest absolute Gasteiger partial charge is 0.373 e. The van der Waals surface area contributed by atoms with Gasteiger partial charge >= 0.3 is 0 Å². The summed E-state index contributed by atoms with van der Waals surface area (Å²) in [6, 6.07) is 13.1. The monoisotopic (exact) mass is 302 g/mol. The molecule has 21 heavy (non-hydrogen) atoms. The summed E-state index contributed by atoms with van der Waals surface area (Å²) in [5.74, 6) is 5.79. The molecule has 0 spiro atoms. The molecule has 3 rings (SSSR count). The Morgan fingerprint density at radius 3 is 2.95 bits per heavy atom. The standard InChI is InChI=1S/C17H22N2OS/c1-2-13-7-8-17(21-13)15(19-18)11-16-14-6-4-3-5-12(14)9-10-20-16/h3-8,15-16,19H,2,9-11,18H2,1H3. The van der Waals surface area contributed by atoms with Crippen molar-refractivity contribution in [2.45, 2.75) is 38.3 Å². The van der Waals surface area contributed by atoms with Crippen LogP contribution in [0.5, 0.6) is 0 Å². The number of nitrogens with two attached hydrogens (primary N) is 1. The molecular weight excluding hydrogens is 280 g/mol.